The topological polar surface area (TPSA) is 66.4 Å². The van der Waals surface area contributed by atoms with Crippen LogP contribution in [0.2, 0.25) is 0 Å². The van der Waals surface area contributed by atoms with Crippen molar-refractivity contribution in [3.8, 4) is 0 Å². The molecule has 4 nitrogen and oxygen atoms in total. The zero-order valence-electron chi connectivity index (χ0n) is 10.4. The number of nitrogens with one attached hydrogen (secondary N) is 1. The molecule has 0 aromatic rings. The second-order valence-electron chi connectivity index (χ2n) is 4.99. The van der Waals surface area contributed by atoms with Crippen molar-refractivity contribution >= 4 is 23.6 Å². The van der Waals surface area contributed by atoms with Crippen molar-refractivity contribution in [2.24, 2.45) is 5.41 Å². The Labute approximate surface area is 101 Å². The molecule has 0 aliphatic carbocycles. The van der Waals surface area contributed by atoms with Crippen LogP contribution in [0.4, 0.5) is 0 Å². The fourth-order valence-electron chi connectivity index (χ4n) is 1.20. The van der Waals surface area contributed by atoms with Crippen LogP contribution in [0.15, 0.2) is 0 Å². The highest BCUT2D eigenvalue weighted by molar-refractivity contribution is 7.99. The normalized spacial score (nSPS) is 13.2. The Hall–Kier alpha value is -0.710. The zero-order valence-corrected chi connectivity index (χ0v) is 11.2. The van der Waals surface area contributed by atoms with Gasteiger partial charge < -0.3 is 10.4 Å². The van der Waals surface area contributed by atoms with Crippen LogP contribution in [-0.2, 0) is 9.59 Å². The molecule has 0 fully saturated rings. The number of carboxylic acids is 1. The summed E-state index contributed by atoms with van der Waals surface area (Å²) >= 11 is 1.38. The minimum atomic E-state index is -0.960. The van der Waals surface area contributed by atoms with Crippen LogP contribution >= 0.6 is 11.8 Å². The summed E-state index contributed by atoms with van der Waals surface area (Å²) < 4.78 is 0. The second kappa shape index (κ2) is 6.78. The highest BCUT2D eigenvalue weighted by Crippen LogP contribution is 2.21. The molecule has 0 aromatic heterocycles. The third kappa shape index (κ3) is 7.56. The standard InChI is InChI=1S/C11H21NO3S/c1-11(2,3)6-5-8(10(14)15)12-9(13)7-16-4/h8H,5-7H2,1-4H3,(H,12,13)(H,14,15). The van der Waals surface area contributed by atoms with Gasteiger partial charge >= 0.3 is 5.97 Å². The monoisotopic (exact) mass is 247 g/mol. The Morgan fingerprint density at radius 2 is 1.94 bits per heavy atom. The van der Waals surface area contributed by atoms with Crippen molar-refractivity contribution in [3.63, 3.8) is 0 Å². The van der Waals surface area contributed by atoms with E-state index in [0.717, 1.165) is 6.42 Å². The lowest BCUT2D eigenvalue weighted by atomic mass is 9.88. The summed E-state index contributed by atoms with van der Waals surface area (Å²) in [5, 5.41) is 11.5. The fourth-order valence-corrected chi connectivity index (χ4v) is 1.55. The van der Waals surface area contributed by atoms with E-state index < -0.39 is 12.0 Å². The van der Waals surface area contributed by atoms with E-state index in [-0.39, 0.29) is 11.3 Å². The summed E-state index contributed by atoms with van der Waals surface area (Å²) in [6.45, 7) is 6.15. The SMILES string of the molecule is CSCC(=O)NC(CCC(C)(C)C)C(=O)O. The maximum atomic E-state index is 11.3. The zero-order chi connectivity index (χ0) is 12.8. The van der Waals surface area contributed by atoms with Crippen molar-refractivity contribution in [2.75, 3.05) is 12.0 Å². The minimum Gasteiger partial charge on any atom is -0.480 e. The average Bonchev–Trinajstić information content (AvgIpc) is 2.10. The quantitative estimate of drug-likeness (QED) is 0.750. The molecule has 0 radical (unpaired) electrons. The smallest absolute Gasteiger partial charge is 0.326 e. The first-order valence-electron chi connectivity index (χ1n) is 5.27. The molecule has 0 aliphatic heterocycles. The molecule has 0 saturated carbocycles. The van der Waals surface area contributed by atoms with Crippen LogP contribution in [0, 0.1) is 5.41 Å². The van der Waals surface area contributed by atoms with E-state index in [1.807, 2.05) is 6.26 Å². The van der Waals surface area contributed by atoms with Crippen LogP contribution in [0.1, 0.15) is 33.6 Å². The summed E-state index contributed by atoms with van der Waals surface area (Å²) in [4.78, 5) is 22.2. The predicted molar refractivity (Wildman–Crippen MR) is 66.6 cm³/mol. The Balaban J connectivity index is 4.18. The fraction of sp³-hybridized carbons (Fsp3) is 0.818. The van der Waals surface area contributed by atoms with Crippen molar-refractivity contribution in [2.45, 2.75) is 39.7 Å². The van der Waals surface area contributed by atoms with E-state index in [1.165, 1.54) is 11.8 Å². The number of rotatable bonds is 6. The van der Waals surface area contributed by atoms with Gasteiger partial charge in [-0.1, -0.05) is 20.8 Å². The average molecular weight is 247 g/mol. The predicted octanol–water partition coefficient (Wildman–Crippen LogP) is 1.75. The van der Waals surface area contributed by atoms with Crippen molar-refractivity contribution in [1.29, 1.82) is 0 Å². The molecule has 1 amide bonds. The summed E-state index contributed by atoms with van der Waals surface area (Å²) in [7, 11) is 0. The van der Waals surface area contributed by atoms with Crippen LogP contribution in [-0.4, -0.2) is 35.0 Å². The number of hydrogen-bond acceptors (Lipinski definition) is 3. The molecule has 0 aromatic carbocycles. The molecule has 0 bridgehead atoms. The molecule has 0 heterocycles. The molecule has 0 aliphatic rings. The number of carbonyl (C=O) groups is 2. The van der Waals surface area contributed by atoms with E-state index in [9.17, 15) is 9.59 Å². The van der Waals surface area contributed by atoms with Gasteiger partial charge in [0.05, 0.1) is 5.75 Å². The number of thioether (sulfide) groups is 1. The van der Waals surface area contributed by atoms with Crippen LogP contribution in [0.3, 0.4) is 0 Å². The molecule has 5 heteroatoms. The number of aliphatic carboxylic acids is 1. The van der Waals surface area contributed by atoms with Gasteiger partial charge in [0.2, 0.25) is 5.91 Å². The van der Waals surface area contributed by atoms with E-state index in [1.54, 1.807) is 0 Å². The summed E-state index contributed by atoms with van der Waals surface area (Å²) in [5.74, 6) is -0.869. The van der Waals surface area contributed by atoms with Crippen LogP contribution in [0.25, 0.3) is 0 Å². The van der Waals surface area contributed by atoms with Crippen LogP contribution < -0.4 is 5.32 Å². The summed E-state index contributed by atoms with van der Waals surface area (Å²) in [6.07, 6.45) is 3.05. The molecule has 0 spiro atoms. The number of carboxylic acid groups (broad SMARTS) is 1. The van der Waals surface area contributed by atoms with Gasteiger partial charge in [-0.15, -0.1) is 0 Å². The van der Waals surface area contributed by atoms with Gasteiger partial charge in [0.25, 0.3) is 0 Å². The van der Waals surface area contributed by atoms with Gasteiger partial charge in [-0.2, -0.15) is 11.8 Å². The van der Waals surface area contributed by atoms with Crippen molar-refractivity contribution in [1.82, 2.24) is 5.32 Å². The third-order valence-corrected chi connectivity index (χ3v) is 2.64. The van der Waals surface area contributed by atoms with Crippen LogP contribution in [0.5, 0.6) is 0 Å². The van der Waals surface area contributed by atoms with Gasteiger partial charge in [-0.05, 0) is 24.5 Å². The Morgan fingerprint density at radius 3 is 2.31 bits per heavy atom. The lowest BCUT2D eigenvalue weighted by molar-refractivity contribution is -0.141. The molecule has 1 atom stereocenters. The molecular formula is C11H21NO3S. The Bertz CT molecular complexity index is 248. The maximum Gasteiger partial charge on any atom is 0.326 e. The second-order valence-corrected chi connectivity index (χ2v) is 5.86. The van der Waals surface area contributed by atoms with Crippen molar-refractivity contribution in [3.05, 3.63) is 0 Å². The largest absolute Gasteiger partial charge is 0.480 e. The highest BCUT2D eigenvalue weighted by Gasteiger charge is 2.22. The lowest BCUT2D eigenvalue weighted by Crippen LogP contribution is -2.42. The third-order valence-electron chi connectivity index (χ3n) is 2.09. The summed E-state index contributed by atoms with van der Waals surface area (Å²) in [5.41, 5.74) is 0.0813. The van der Waals surface area contributed by atoms with Gasteiger partial charge in [-0.3, -0.25) is 4.79 Å². The molecule has 1 unspecified atom stereocenters. The van der Waals surface area contributed by atoms with E-state index >= 15 is 0 Å². The van der Waals surface area contributed by atoms with E-state index in [4.69, 9.17) is 5.11 Å². The highest BCUT2D eigenvalue weighted by atomic mass is 32.2. The van der Waals surface area contributed by atoms with E-state index in [2.05, 4.69) is 26.1 Å². The Morgan fingerprint density at radius 1 is 1.38 bits per heavy atom. The molecule has 16 heavy (non-hydrogen) atoms. The van der Waals surface area contributed by atoms with Gasteiger partial charge in [0, 0.05) is 0 Å². The van der Waals surface area contributed by atoms with E-state index in [0.29, 0.717) is 12.2 Å². The minimum absolute atomic E-state index is 0.0813. The first-order valence-corrected chi connectivity index (χ1v) is 6.67. The first kappa shape index (κ1) is 15.3. The number of amides is 1. The number of hydrogen-bond donors (Lipinski definition) is 2. The lowest BCUT2D eigenvalue weighted by Gasteiger charge is -2.21. The molecule has 0 saturated heterocycles. The molecular weight excluding hydrogens is 226 g/mol. The maximum absolute atomic E-state index is 11.3. The summed E-state index contributed by atoms with van der Waals surface area (Å²) in [6, 6.07) is -0.765. The molecule has 2 N–H and O–H groups in total. The number of carbonyl (C=O) groups excluding carboxylic acids is 1. The van der Waals surface area contributed by atoms with Gasteiger partial charge in [0.15, 0.2) is 0 Å². The molecule has 0 rings (SSSR count). The van der Waals surface area contributed by atoms with Gasteiger partial charge in [0.1, 0.15) is 6.04 Å². The first-order chi connectivity index (χ1) is 7.26. The Kier molecular flexibility index (Phi) is 6.48. The van der Waals surface area contributed by atoms with Gasteiger partial charge in [-0.25, -0.2) is 4.79 Å². The molecule has 94 valence electrons. The van der Waals surface area contributed by atoms with Crippen molar-refractivity contribution < 1.29 is 14.7 Å².